The highest BCUT2D eigenvalue weighted by atomic mass is 32.2. The van der Waals surface area contributed by atoms with Crippen molar-refractivity contribution in [2.24, 2.45) is 10.8 Å². The summed E-state index contributed by atoms with van der Waals surface area (Å²) >= 11 is 2.17. The Bertz CT molecular complexity index is 654. The van der Waals surface area contributed by atoms with E-state index in [1.54, 1.807) is 11.1 Å². The largest absolute Gasteiger partial charge is 0.144 e. The van der Waals surface area contributed by atoms with Gasteiger partial charge in [0.25, 0.3) is 0 Å². The first kappa shape index (κ1) is 19.9. The van der Waals surface area contributed by atoms with Crippen molar-refractivity contribution in [3.05, 3.63) is 33.9 Å². The van der Waals surface area contributed by atoms with Crippen LogP contribution in [0.15, 0.2) is 6.07 Å². The molecule has 1 heteroatoms. The third-order valence-electron chi connectivity index (χ3n) is 6.63. The van der Waals surface area contributed by atoms with E-state index in [2.05, 4.69) is 101 Å². The van der Waals surface area contributed by atoms with Crippen LogP contribution in [0.5, 0.6) is 0 Å². The minimum atomic E-state index is 0.122. The molecule has 1 unspecified atom stereocenters. The van der Waals surface area contributed by atoms with Crippen molar-refractivity contribution in [1.82, 2.24) is 0 Å². The van der Waals surface area contributed by atoms with Crippen LogP contribution >= 0.6 is 11.8 Å². The maximum Gasteiger partial charge on any atom is 0.0363 e. The first-order chi connectivity index (χ1) is 10.5. The fraction of sp³-hybridized carbons (Fsp3) is 0.739. The van der Waals surface area contributed by atoms with Crippen molar-refractivity contribution in [3.8, 4) is 0 Å². The van der Waals surface area contributed by atoms with E-state index < -0.39 is 0 Å². The van der Waals surface area contributed by atoms with Gasteiger partial charge < -0.3 is 0 Å². The van der Waals surface area contributed by atoms with Crippen molar-refractivity contribution in [3.63, 3.8) is 0 Å². The summed E-state index contributed by atoms with van der Waals surface area (Å²) in [6.45, 7) is 29.0. The van der Waals surface area contributed by atoms with Crippen LogP contribution in [0, 0.1) is 31.6 Å². The Kier molecular flexibility index (Phi) is 4.58. The Morgan fingerprint density at radius 3 is 1.83 bits per heavy atom. The highest BCUT2D eigenvalue weighted by Gasteiger charge is 2.54. The summed E-state index contributed by atoms with van der Waals surface area (Å²) in [4.78, 5) is 0. The Balaban J connectivity index is 3.02. The quantitative estimate of drug-likeness (QED) is 0.468. The number of aryl methyl sites for hydroxylation is 2. The van der Waals surface area contributed by atoms with Gasteiger partial charge >= 0.3 is 0 Å². The predicted octanol–water partition coefficient (Wildman–Crippen LogP) is 7.53. The lowest BCUT2D eigenvalue weighted by atomic mass is 9.56. The van der Waals surface area contributed by atoms with Crippen molar-refractivity contribution in [2.75, 3.05) is 0 Å². The first-order valence-corrected chi connectivity index (χ1v) is 10.2. The number of benzene rings is 1. The molecular weight excluding hydrogens is 308 g/mol. The summed E-state index contributed by atoms with van der Waals surface area (Å²) in [6.07, 6.45) is 0. The molecule has 0 spiro atoms. The van der Waals surface area contributed by atoms with Gasteiger partial charge in [-0.25, -0.2) is 0 Å². The van der Waals surface area contributed by atoms with Gasteiger partial charge in [0, 0.05) is 9.49 Å². The second-order valence-electron chi connectivity index (χ2n) is 10.6. The molecule has 1 atom stereocenters. The predicted molar refractivity (Wildman–Crippen MR) is 111 cm³/mol. The van der Waals surface area contributed by atoms with E-state index in [0.29, 0.717) is 5.92 Å². The van der Waals surface area contributed by atoms with Gasteiger partial charge in [0.05, 0.1) is 0 Å². The van der Waals surface area contributed by atoms with Crippen LogP contribution in [0.3, 0.4) is 0 Å². The molecule has 0 fully saturated rings. The van der Waals surface area contributed by atoms with Gasteiger partial charge in [-0.1, -0.05) is 54.5 Å². The van der Waals surface area contributed by atoms with E-state index in [1.807, 2.05) is 0 Å². The molecule has 2 rings (SSSR count). The second-order valence-corrected chi connectivity index (χ2v) is 12.8. The third-order valence-corrected chi connectivity index (χ3v) is 8.39. The number of hydrogen-bond acceptors (Lipinski definition) is 1. The molecule has 1 aliphatic rings. The molecule has 0 N–H and O–H groups in total. The molecule has 1 aromatic carbocycles. The lowest BCUT2D eigenvalue weighted by Crippen LogP contribution is -2.45. The zero-order valence-corrected chi connectivity index (χ0v) is 18.9. The summed E-state index contributed by atoms with van der Waals surface area (Å²) < 4.78 is 0.317. The minimum Gasteiger partial charge on any atom is -0.144 e. The van der Waals surface area contributed by atoms with Crippen molar-refractivity contribution in [2.45, 2.75) is 98.5 Å². The van der Waals surface area contributed by atoms with Gasteiger partial charge in [-0.2, -0.15) is 0 Å². The summed E-state index contributed by atoms with van der Waals surface area (Å²) in [7, 11) is 0. The summed E-state index contributed by atoms with van der Waals surface area (Å²) in [5, 5.41) is 0. The van der Waals surface area contributed by atoms with Gasteiger partial charge in [-0.3, -0.25) is 0 Å². The van der Waals surface area contributed by atoms with Gasteiger partial charge in [0.2, 0.25) is 0 Å². The monoisotopic (exact) mass is 346 g/mol. The van der Waals surface area contributed by atoms with Crippen LogP contribution in [-0.2, 0) is 4.75 Å². The third kappa shape index (κ3) is 2.85. The smallest absolute Gasteiger partial charge is 0.0363 e. The zero-order valence-electron chi connectivity index (χ0n) is 18.1. The van der Waals surface area contributed by atoms with E-state index >= 15 is 0 Å². The number of fused-ring (bicyclic) bond motifs is 1. The topological polar surface area (TPSA) is 0 Å². The highest BCUT2D eigenvalue weighted by Crippen LogP contribution is 2.65. The Morgan fingerprint density at radius 2 is 1.38 bits per heavy atom. The second kappa shape index (κ2) is 5.53. The summed E-state index contributed by atoms with van der Waals surface area (Å²) in [5.74, 6) is 0.531. The highest BCUT2D eigenvalue weighted by molar-refractivity contribution is 8.01. The molecule has 0 bridgehead atoms. The van der Waals surface area contributed by atoms with Gasteiger partial charge in [-0.15, -0.1) is 11.8 Å². The van der Waals surface area contributed by atoms with Crippen molar-refractivity contribution < 1.29 is 0 Å². The Labute approximate surface area is 155 Å². The number of hydrogen-bond donors (Lipinski definition) is 0. The van der Waals surface area contributed by atoms with E-state index in [9.17, 15) is 0 Å². The van der Waals surface area contributed by atoms with Crippen molar-refractivity contribution in [1.29, 1.82) is 0 Å². The summed E-state index contributed by atoms with van der Waals surface area (Å²) in [6, 6.07) is 2.42. The van der Waals surface area contributed by atoms with Gasteiger partial charge in [0.15, 0.2) is 0 Å². The van der Waals surface area contributed by atoms with Crippen LogP contribution in [0.2, 0.25) is 0 Å². The molecule has 136 valence electrons. The van der Waals surface area contributed by atoms with Crippen molar-refractivity contribution >= 4 is 11.8 Å². The van der Waals surface area contributed by atoms with Gasteiger partial charge in [-0.05, 0) is 79.2 Å². The molecular formula is C23H38S. The molecule has 0 nitrogen and oxygen atoms in total. The normalized spacial score (nSPS) is 25.1. The standard InChI is InChI=1S/C23H38S/c1-14-13-15(2)17-18(16(14)3)22(9,10)24-23(11,12)21(7,8)19(17)20(4,5)6/h13,19H,1-12H3. The van der Waals surface area contributed by atoms with Crippen LogP contribution in [0.1, 0.15) is 96.0 Å². The molecule has 24 heavy (non-hydrogen) atoms. The number of thioether (sulfide) groups is 1. The van der Waals surface area contributed by atoms with E-state index in [-0.39, 0.29) is 20.3 Å². The first-order valence-electron chi connectivity index (χ1n) is 9.35. The lowest BCUT2D eigenvalue weighted by molar-refractivity contribution is 0.124. The van der Waals surface area contributed by atoms with Gasteiger partial charge in [0.1, 0.15) is 0 Å². The van der Waals surface area contributed by atoms with E-state index in [4.69, 9.17) is 0 Å². The van der Waals surface area contributed by atoms with Crippen LogP contribution in [0.4, 0.5) is 0 Å². The zero-order chi connectivity index (χ0) is 18.9. The molecule has 0 amide bonds. The summed E-state index contributed by atoms with van der Waals surface area (Å²) in [5.41, 5.74) is 8.06. The molecule has 0 saturated carbocycles. The minimum absolute atomic E-state index is 0.122. The molecule has 0 aliphatic carbocycles. The van der Waals surface area contributed by atoms with E-state index in [0.717, 1.165) is 0 Å². The molecule has 0 radical (unpaired) electrons. The average molecular weight is 347 g/mol. The number of rotatable bonds is 0. The van der Waals surface area contributed by atoms with Crippen LogP contribution in [0.25, 0.3) is 0 Å². The fourth-order valence-electron chi connectivity index (χ4n) is 5.30. The maximum absolute atomic E-state index is 2.50. The van der Waals surface area contributed by atoms with Crippen LogP contribution in [-0.4, -0.2) is 4.75 Å². The molecule has 0 saturated heterocycles. The average Bonchev–Trinajstić information content (AvgIpc) is 2.36. The van der Waals surface area contributed by atoms with Crippen LogP contribution < -0.4 is 0 Å². The van der Waals surface area contributed by atoms with E-state index in [1.165, 1.54) is 16.7 Å². The SMILES string of the molecule is Cc1cc(C)c2c(c1C)C(C)(C)SC(C)(C)C(C)(C)C2C(C)(C)C. The molecule has 0 aromatic heterocycles. The molecule has 1 aromatic rings. The maximum atomic E-state index is 2.50. The lowest BCUT2D eigenvalue weighted by Gasteiger charge is -2.51. The molecule has 1 aliphatic heterocycles. The Hall–Kier alpha value is -0.430. The Morgan fingerprint density at radius 1 is 0.875 bits per heavy atom. The molecule has 1 heterocycles. The fourth-order valence-corrected chi connectivity index (χ4v) is 7.32.